The molecule has 2 aromatic rings. The van der Waals surface area contributed by atoms with Crippen LogP contribution >= 0.6 is 0 Å². The highest BCUT2D eigenvalue weighted by Crippen LogP contribution is 2.18. The van der Waals surface area contributed by atoms with Crippen LogP contribution in [0.25, 0.3) is 0 Å². The fraction of sp³-hybridized carbons (Fsp3) is 0.278. The van der Waals surface area contributed by atoms with Crippen LogP contribution in [0.5, 0.6) is 0 Å². The van der Waals surface area contributed by atoms with Crippen molar-refractivity contribution in [1.82, 2.24) is 9.21 Å². The van der Waals surface area contributed by atoms with E-state index in [1.54, 1.807) is 6.07 Å². The molecule has 0 bridgehead atoms. The molecule has 0 aliphatic carbocycles. The van der Waals surface area contributed by atoms with Gasteiger partial charge in [0.25, 0.3) is 0 Å². The normalized spacial score (nSPS) is 16.2. The Balaban J connectivity index is 1.54. The lowest BCUT2D eigenvalue weighted by atomic mass is 10.3. The number of rotatable bonds is 5. The Hall–Kier alpha value is -2.36. The van der Waals surface area contributed by atoms with Crippen LogP contribution in [0.4, 0.5) is 14.5 Å². The molecule has 0 saturated carbocycles. The first-order chi connectivity index (χ1) is 12.8. The minimum Gasteiger partial charge on any atom is -0.325 e. The minimum absolute atomic E-state index is 0.0428. The maximum absolute atomic E-state index is 13.1. The van der Waals surface area contributed by atoms with Gasteiger partial charge in [-0.15, -0.1) is 0 Å². The van der Waals surface area contributed by atoms with Crippen LogP contribution in [0.3, 0.4) is 0 Å². The third kappa shape index (κ3) is 4.88. The second-order valence-electron chi connectivity index (χ2n) is 6.19. The molecule has 2 aromatic carbocycles. The van der Waals surface area contributed by atoms with Crippen molar-refractivity contribution in [3.05, 3.63) is 60.2 Å². The molecule has 0 spiro atoms. The van der Waals surface area contributed by atoms with Crippen LogP contribution in [0.1, 0.15) is 0 Å². The summed E-state index contributed by atoms with van der Waals surface area (Å²) in [4.78, 5) is 13.9. The van der Waals surface area contributed by atoms with Crippen molar-refractivity contribution >= 4 is 21.6 Å². The van der Waals surface area contributed by atoms with Gasteiger partial charge in [0.2, 0.25) is 15.9 Å². The number of sulfonamides is 1. The third-order valence-corrected chi connectivity index (χ3v) is 6.17. The summed E-state index contributed by atoms with van der Waals surface area (Å²) in [5, 5.41) is 2.61. The third-order valence-electron chi connectivity index (χ3n) is 4.26. The molecular formula is C18H19F2N3O3S. The molecule has 27 heavy (non-hydrogen) atoms. The topological polar surface area (TPSA) is 69.7 Å². The molecule has 1 saturated heterocycles. The van der Waals surface area contributed by atoms with E-state index in [2.05, 4.69) is 5.32 Å². The maximum Gasteiger partial charge on any atom is 0.243 e. The maximum atomic E-state index is 13.1. The van der Waals surface area contributed by atoms with Gasteiger partial charge >= 0.3 is 0 Å². The molecule has 1 N–H and O–H groups in total. The zero-order valence-electron chi connectivity index (χ0n) is 14.4. The van der Waals surface area contributed by atoms with Gasteiger partial charge in [-0.25, -0.2) is 17.2 Å². The van der Waals surface area contributed by atoms with E-state index < -0.39 is 21.7 Å². The van der Waals surface area contributed by atoms with Crippen molar-refractivity contribution in [2.45, 2.75) is 4.90 Å². The smallest absolute Gasteiger partial charge is 0.243 e. The number of hydrogen-bond acceptors (Lipinski definition) is 4. The van der Waals surface area contributed by atoms with Crippen LogP contribution in [0.2, 0.25) is 0 Å². The zero-order valence-corrected chi connectivity index (χ0v) is 15.3. The van der Waals surface area contributed by atoms with Crippen LogP contribution in [-0.2, 0) is 14.8 Å². The summed E-state index contributed by atoms with van der Waals surface area (Å²) >= 11 is 0. The van der Waals surface area contributed by atoms with Gasteiger partial charge < -0.3 is 5.32 Å². The fourth-order valence-corrected chi connectivity index (χ4v) is 4.28. The average Bonchev–Trinajstić information content (AvgIpc) is 2.62. The molecular weight excluding hydrogens is 376 g/mol. The van der Waals surface area contributed by atoms with Crippen LogP contribution in [0.15, 0.2) is 53.4 Å². The molecule has 0 radical (unpaired) electrons. The Labute approximate surface area is 156 Å². The number of halogens is 2. The number of nitrogens with one attached hydrogen (secondary N) is 1. The van der Waals surface area contributed by atoms with E-state index >= 15 is 0 Å². The van der Waals surface area contributed by atoms with E-state index in [0.29, 0.717) is 18.8 Å². The quantitative estimate of drug-likeness (QED) is 0.840. The van der Waals surface area contributed by atoms with Gasteiger partial charge in [-0.05, 0) is 42.5 Å². The molecule has 0 atom stereocenters. The Morgan fingerprint density at radius 2 is 1.63 bits per heavy atom. The number of piperazine rings is 1. The monoisotopic (exact) mass is 395 g/mol. The molecule has 0 aromatic heterocycles. The molecule has 1 aliphatic heterocycles. The van der Waals surface area contributed by atoms with Crippen molar-refractivity contribution in [3.63, 3.8) is 0 Å². The van der Waals surface area contributed by atoms with Crippen molar-refractivity contribution in [3.8, 4) is 0 Å². The van der Waals surface area contributed by atoms with Gasteiger partial charge in [-0.3, -0.25) is 9.69 Å². The summed E-state index contributed by atoms with van der Waals surface area (Å²) in [5.41, 5.74) is 0.373. The fourth-order valence-electron chi connectivity index (χ4n) is 2.85. The first-order valence-corrected chi connectivity index (χ1v) is 9.82. The van der Waals surface area contributed by atoms with Gasteiger partial charge in [0, 0.05) is 31.9 Å². The van der Waals surface area contributed by atoms with Gasteiger partial charge in [-0.1, -0.05) is 6.07 Å². The summed E-state index contributed by atoms with van der Waals surface area (Å²) in [6, 6.07) is 10.3. The number of amides is 1. The van der Waals surface area contributed by atoms with Crippen LogP contribution in [-0.4, -0.2) is 56.3 Å². The van der Waals surface area contributed by atoms with Crippen molar-refractivity contribution < 1.29 is 22.0 Å². The molecule has 1 fully saturated rings. The average molecular weight is 395 g/mol. The summed E-state index contributed by atoms with van der Waals surface area (Å²) in [5.74, 6) is -1.23. The SMILES string of the molecule is O=C(CN1CCN(S(=O)(=O)c2ccc(F)cc2)CC1)Nc1cccc(F)c1. The number of carbonyl (C=O) groups is 1. The summed E-state index contributed by atoms with van der Waals surface area (Å²) in [7, 11) is -3.69. The highest BCUT2D eigenvalue weighted by Gasteiger charge is 2.29. The van der Waals surface area contributed by atoms with E-state index in [-0.39, 0.29) is 30.4 Å². The first-order valence-electron chi connectivity index (χ1n) is 8.38. The van der Waals surface area contributed by atoms with Gasteiger partial charge in [0.05, 0.1) is 11.4 Å². The second kappa shape index (κ2) is 8.12. The predicted octanol–water partition coefficient (Wildman–Crippen LogP) is 1.91. The molecule has 1 amide bonds. The van der Waals surface area contributed by atoms with E-state index in [1.165, 1.54) is 34.6 Å². The number of benzene rings is 2. The molecule has 3 rings (SSSR count). The zero-order chi connectivity index (χ0) is 19.4. The number of nitrogens with zero attached hydrogens (tertiary/aromatic N) is 2. The highest BCUT2D eigenvalue weighted by atomic mass is 32.2. The van der Waals surface area contributed by atoms with Crippen LogP contribution < -0.4 is 5.32 Å². The number of carbonyl (C=O) groups excluding carboxylic acids is 1. The van der Waals surface area contributed by atoms with E-state index in [4.69, 9.17) is 0 Å². The van der Waals surface area contributed by atoms with Gasteiger partial charge in [0.15, 0.2) is 0 Å². The molecule has 1 aliphatic rings. The lowest BCUT2D eigenvalue weighted by molar-refractivity contribution is -0.117. The lowest BCUT2D eigenvalue weighted by Crippen LogP contribution is -2.50. The molecule has 9 heteroatoms. The molecule has 144 valence electrons. The summed E-state index contributed by atoms with van der Waals surface area (Å²) < 4.78 is 52.6. The second-order valence-corrected chi connectivity index (χ2v) is 8.13. The Morgan fingerprint density at radius 3 is 2.26 bits per heavy atom. The lowest BCUT2D eigenvalue weighted by Gasteiger charge is -2.33. The molecule has 0 unspecified atom stereocenters. The largest absolute Gasteiger partial charge is 0.325 e. The predicted molar refractivity (Wildman–Crippen MR) is 96.6 cm³/mol. The van der Waals surface area contributed by atoms with E-state index in [1.807, 2.05) is 4.90 Å². The van der Waals surface area contributed by atoms with Crippen molar-refractivity contribution in [2.24, 2.45) is 0 Å². The summed E-state index contributed by atoms with van der Waals surface area (Å²) in [6.45, 7) is 1.31. The minimum atomic E-state index is -3.69. The van der Waals surface area contributed by atoms with E-state index in [9.17, 15) is 22.0 Å². The standard InChI is InChI=1S/C18H19F2N3O3S/c19-14-4-6-17(7-5-14)27(25,26)23-10-8-22(9-11-23)13-18(24)21-16-3-1-2-15(20)12-16/h1-7,12H,8-11,13H2,(H,21,24). The first kappa shape index (κ1) is 19.4. The van der Waals surface area contributed by atoms with Crippen molar-refractivity contribution in [2.75, 3.05) is 38.0 Å². The summed E-state index contributed by atoms with van der Waals surface area (Å²) in [6.07, 6.45) is 0. The molecule has 6 nitrogen and oxygen atoms in total. The highest BCUT2D eigenvalue weighted by molar-refractivity contribution is 7.89. The number of hydrogen-bond donors (Lipinski definition) is 1. The van der Waals surface area contributed by atoms with Gasteiger partial charge in [-0.2, -0.15) is 4.31 Å². The van der Waals surface area contributed by atoms with Crippen LogP contribution in [0, 0.1) is 11.6 Å². The Morgan fingerprint density at radius 1 is 0.963 bits per heavy atom. The number of anilines is 1. The van der Waals surface area contributed by atoms with Crippen molar-refractivity contribution in [1.29, 1.82) is 0 Å². The Kier molecular flexibility index (Phi) is 5.83. The van der Waals surface area contributed by atoms with Gasteiger partial charge in [0.1, 0.15) is 11.6 Å². The van der Waals surface area contributed by atoms with E-state index in [0.717, 1.165) is 12.1 Å². The Bertz CT molecular complexity index is 912. The molecule has 1 heterocycles.